The van der Waals surface area contributed by atoms with E-state index in [9.17, 15) is 18.3 Å². The van der Waals surface area contributed by atoms with Crippen LogP contribution in [0, 0.1) is 6.92 Å². The summed E-state index contributed by atoms with van der Waals surface area (Å²) in [6.45, 7) is 2.58. The van der Waals surface area contributed by atoms with E-state index in [1.807, 2.05) is 44.1 Å². The summed E-state index contributed by atoms with van der Waals surface area (Å²) in [6, 6.07) is 8.70. The number of halogens is 3. The molecule has 0 aliphatic heterocycles. The summed E-state index contributed by atoms with van der Waals surface area (Å²) in [5.41, 5.74) is 2.23. The van der Waals surface area contributed by atoms with E-state index in [1.54, 1.807) is 0 Å². The van der Waals surface area contributed by atoms with Crippen LogP contribution in [0.3, 0.4) is 0 Å². The Morgan fingerprint density at radius 2 is 1.77 bits per heavy atom. The average Bonchev–Trinajstić information content (AvgIpc) is 2.54. The highest BCUT2D eigenvalue weighted by atomic mass is 19.4. The van der Waals surface area contributed by atoms with Gasteiger partial charge in [-0.25, -0.2) is 0 Å². The molecule has 0 spiro atoms. The van der Waals surface area contributed by atoms with Gasteiger partial charge in [0.25, 0.3) is 0 Å². The molecule has 0 radical (unpaired) electrons. The maximum Gasteiger partial charge on any atom is 0.416 e. The first kappa shape index (κ1) is 18.1. The zero-order valence-electron chi connectivity index (χ0n) is 14.6. The minimum Gasteiger partial charge on any atom is -0.507 e. The second kappa shape index (κ2) is 6.57. The maximum atomic E-state index is 12.8. The number of hydrogen-bond donors (Lipinski definition) is 1. The zero-order valence-corrected chi connectivity index (χ0v) is 14.6. The van der Waals surface area contributed by atoms with Crippen LogP contribution in [0.1, 0.15) is 16.7 Å². The predicted molar refractivity (Wildman–Crippen MR) is 93.8 cm³/mol. The van der Waals surface area contributed by atoms with Crippen molar-refractivity contribution in [3.05, 3.63) is 53.1 Å². The Morgan fingerprint density at radius 3 is 2.38 bits per heavy atom. The lowest BCUT2D eigenvalue weighted by Crippen LogP contribution is -2.10. The minimum atomic E-state index is -4.51. The van der Waals surface area contributed by atoms with Gasteiger partial charge in [0, 0.05) is 17.5 Å². The Kier molecular flexibility index (Phi) is 4.58. The van der Waals surface area contributed by atoms with Gasteiger partial charge in [-0.1, -0.05) is 12.1 Å². The van der Waals surface area contributed by atoms with Crippen molar-refractivity contribution in [2.75, 3.05) is 14.1 Å². The highest BCUT2D eigenvalue weighted by Crippen LogP contribution is 2.37. The quantitative estimate of drug-likeness (QED) is 0.752. The van der Waals surface area contributed by atoms with E-state index >= 15 is 0 Å². The molecule has 1 aromatic heterocycles. The molecule has 1 N–H and O–H groups in total. The molecule has 3 aromatic rings. The lowest BCUT2D eigenvalue weighted by molar-refractivity contribution is -0.137. The number of alkyl halides is 3. The van der Waals surface area contributed by atoms with E-state index in [4.69, 9.17) is 0 Å². The van der Waals surface area contributed by atoms with E-state index in [1.165, 1.54) is 6.07 Å². The molecule has 1 heterocycles. The molecule has 0 atom stereocenters. The molecular formula is C19H18F3N3O. The van der Waals surface area contributed by atoms with E-state index in [-0.39, 0.29) is 5.56 Å². The first-order chi connectivity index (χ1) is 12.2. The van der Waals surface area contributed by atoms with Crippen LogP contribution >= 0.6 is 0 Å². The van der Waals surface area contributed by atoms with Gasteiger partial charge in [-0.3, -0.25) is 0 Å². The third-order valence-electron chi connectivity index (χ3n) is 4.16. The third kappa shape index (κ3) is 3.48. The number of rotatable bonds is 3. The molecule has 0 fully saturated rings. The van der Waals surface area contributed by atoms with Crippen molar-refractivity contribution in [1.29, 1.82) is 0 Å². The summed E-state index contributed by atoms with van der Waals surface area (Å²) >= 11 is 0. The standard InChI is InChI=1S/C19H18F3N3O/c1-11-14-6-4-12(10-25(2)3)8-16(14)23-24-18(11)15-7-5-13(9-17(15)26)19(20,21)22/h4-9,26H,10H2,1-3H3. The highest BCUT2D eigenvalue weighted by molar-refractivity contribution is 5.87. The van der Waals surface area contributed by atoms with Gasteiger partial charge in [0.15, 0.2) is 0 Å². The number of fused-ring (bicyclic) bond motifs is 1. The van der Waals surface area contributed by atoms with Crippen LogP contribution < -0.4 is 0 Å². The molecule has 3 rings (SSSR count). The summed E-state index contributed by atoms with van der Waals surface area (Å²) in [4.78, 5) is 2.04. The molecule has 0 unspecified atom stereocenters. The topological polar surface area (TPSA) is 49.3 Å². The molecule has 4 nitrogen and oxygen atoms in total. The fourth-order valence-electron chi connectivity index (χ4n) is 2.91. The van der Waals surface area contributed by atoms with E-state index in [2.05, 4.69) is 10.2 Å². The predicted octanol–water partition coefficient (Wildman–Crippen LogP) is 4.39. The molecule has 0 saturated carbocycles. The molecule has 0 aliphatic rings. The summed E-state index contributed by atoms with van der Waals surface area (Å²) in [5.74, 6) is -0.471. The highest BCUT2D eigenvalue weighted by Gasteiger charge is 2.31. The lowest BCUT2D eigenvalue weighted by Gasteiger charge is -2.13. The second-order valence-corrected chi connectivity index (χ2v) is 6.49. The average molecular weight is 361 g/mol. The Balaban J connectivity index is 2.08. The van der Waals surface area contributed by atoms with Crippen LogP contribution in [0.25, 0.3) is 22.2 Å². The Labute approximate surface area is 148 Å². The molecule has 0 bridgehead atoms. The molecular weight excluding hydrogens is 343 g/mol. The number of nitrogens with zero attached hydrogens (tertiary/aromatic N) is 3. The van der Waals surface area contributed by atoms with E-state index in [0.717, 1.165) is 29.1 Å². The largest absolute Gasteiger partial charge is 0.507 e. The van der Waals surface area contributed by atoms with Gasteiger partial charge in [-0.05, 0) is 56.4 Å². The summed E-state index contributed by atoms with van der Waals surface area (Å²) < 4.78 is 38.3. The first-order valence-electron chi connectivity index (χ1n) is 7.98. The second-order valence-electron chi connectivity index (χ2n) is 6.49. The Morgan fingerprint density at radius 1 is 1.04 bits per heavy atom. The summed E-state index contributed by atoms with van der Waals surface area (Å²) in [6.07, 6.45) is -4.51. The molecule has 2 aromatic carbocycles. The number of phenols is 1. The number of benzene rings is 2. The third-order valence-corrected chi connectivity index (χ3v) is 4.16. The van der Waals surface area contributed by atoms with E-state index < -0.39 is 17.5 Å². The number of aromatic hydroxyl groups is 1. The van der Waals surface area contributed by atoms with Gasteiger partial charge in [0.1, 0.15) is 11.4 Å². The summed E-state index contributed by atoms with van der Waals surface area (Å²) in [7, 11) is 3.94. The molecule has 136 valence electrons. The normalized spacial score (nSPS) is 12.1. The monoisotopic (exact) mass is 361 g/mol. The van der Waals surface area contributed by atoms with Crippen molar-refractivity contribution in [1.82, 2.24) is 15.1 Å². The van der Waals surface area contributed by atoms with Crippen molar-refractivity contribution in [2.24, 2.45) is 0 Å². The molecule has 26 heavy (non-hydrogen) atoms. The van der Waals surface area contributed by atoms with Crippen LogP contribution in [0.15, 0.2) is 36.4 Å². The van der Waals surface area contributed by atoms with Crippen LogP contribution in [0.2, 0.25) is 0 Å². The Bertz CT molecular complexity index is 968. The lowest BCUT2D eigenvalue weighted by atomic mass is 10.00. The smallest absolute Gasteiger partial charge is 0.416 e. The fourth-order valence-corrected chi connectivity index (χ4v) is 2.91. The van der Waals surface area contributed by atoms with Crippen LogP contribution in [0.4, 0.5) is 13.2 Å². The van der Waals surface area contributed by atoms with E-state index in [0.29, 0.717) is 17.3 Å². The number of hydrogen-bond acceptors (Lipinski definition) is 4. The maximum absolute atomic E-state index is 12.8. The van der Waals surface area contributed by atoms with Gasteiger partial charge in [0.05, 0.1) is 11.1 Å². The van der Waals surface area contributed by atoms with Gasteiger partial charge in [-0.2, -0.15) is 13.2 Å². The summed E-state index contributed by atoms with van der Waals surface area (Å²) in [5, 5.41) is 19.3. The molecule has 0 saturated heterocycles. The zero-order chi connectivity index (χ0) is 19.1. The number of aryl methyl sites for hydroxylation is 1. The van der Waals surface area contributed by atoms with Crippen molar-refractivity contribution in [3.63, 3.8) is 0 Å². The number of phenolic OH excluding ortho intramolecular Hbond substituents is 1. The minimum absolute atomic E-state index is 0.224. The van der Waals surface area contributed by atoms with Crippen molar-refractivity contribution < 1.29 is 18.3 Å². The van der Waals surface area contributed by atoms with Crippen molar-refractivity contribution in [2.45, 2.75) is 19.6 Å². The van der Waals surface area contributed by atoms with Crippen molar-refractivity contribution >= 4 is 10.9 Å². The van der Waals surface area contributed by atoms with Crippen LogP contribution in [-0.4, -0.2) is 34.3 Å². The molecule has 7 heteroatoms. The van der Waals surface area contributed by atoms with Crippen LogP contribution in [-0.2, 0) is 12.7 Å². The van der Waals surface area contributed by atoms with Crippen LogP contribution in [0.5, 0.6) is 5.75 Å². The fraction of sp³-hybridized carbons (Fsp3) is 0.263. The SMILES string of the molecule is Cc1c(-c2ccc(C(F)(F)F)cc2O)nnc2cc(CN(C)C)ccc12. The Hall–Kier alpha value is -2.67. The van der Waals surface area contributed by atoms with Gasteiger partial charge < -0.3 is 10.0 Å². The molecule has 0 amide bonds. The van der Waals surface area contributed by atoms with Gasteiger partial charge >= 0.3 is 6.18 Å². The number of aromatic nitrogens is 2. The molecule has 0 aliphatic carbocycles. The first-order valence-corrected chi connectivity index (χ1v) is 7.98. The van der Waals surface area contributed by atoms with Gasteiger partial charge in [0.2, 0.25) is 0 Å². The van der Waals surface area contributed by atoms with Gasteiger partial charge in [-0.15, -0.1) is 10.2 Å². The van der Waals surface area contributed by atoms with Crippen molar-refractivity contribution in [3.8, 4) is 17.0 Å².